The molecule has 0 bridgehead atoms. The van der Waals surface area contributed by atoms with E-state index < -0.39 is 0 Å². The van der Waals surface area contributed by atoms with Gasteiger partial charge in [0.2, 0.25) is 0 Å². The van der Waals surface area contributed by atoms with E-state index in [2.05, 4.69) is 57.0 Å². The molecule has 0 saturated heterocycles. The van der Waals surface area contributed by atoms with Crippen LogP contribution in [0.1, 0.15) is 0 Å². The number of hydrogen-bond acceptors (Lipinski definition) is 5. The first-order valence-corrected chi connectivity index (χ1v) is 12.7. The highest BCUT2D eigenvalue weighted by Gasteiger charge is 2.17. The summed E-state index contributed by atoms with van der Waals surface area (Å²) >= 11 is 0. The van der Waals surface area contributed by atoms with Crippen molar-refractivity contribution < 1.29 is 0 Å². The lowest BCUT2D eigenvalue weighted by Crippen LogP contribution is -1.94. The first-order chi connectivity index (χ1) is 19.3. The second-order valence-corrected chi connectivity index (χ2v) is 9.52. The van der Waals surface area contributed by atoms with Crippen LogP contribution in [0.3, 0.4) is 0 Å². The van der Waals surface area contributed by atoms with Crippen LogP contribution in [0, 0.1) is 0 Å². The van der Waals surface area contributed by atoms with Crippen LogP contribution in [0.2, 0.25) is 0 Å². The van der Waals surface area contributed by atoms with Crippen molar-refractivity contribution >= 4 is 38.5 Å². The van der Waals surface area contributed by atoms with Gasteiger partial charge in [0.15, 0.2) is 0 Å². The van der Waals surface area contributed by atoms with Crippen molar-refractivity contribution in [1.29, 1.82) is 0 Å². The van der Waals surface area contributed by atoms with Gasteiger partial charge in [-0.15, -0.1) is 0 Å². The van der Waals surface area contributed by atoms with E-state index >= 15 is 0 Å². The van der Waals surface area contributed by atoms with Crippen LogP contribution >= 0.6 is 0 Å². The Morgan fingerprint density at radius 1 is 0.590 bits per heavy atom. The number of aromatic nitrogens is 6. The lowest BCUT2D eigenvalue weighted by molar-refractivity contribution is 1.21. The average Bonchev–Trinajstić information content (AvgIpc) is 3.40. The van der Waals surface area contributed by atoms with Crippen molar-refractivity contribution in [3.8, 4) is 33.6 Å². The summed E-state index contributed by atoms with van der Waals surface area (Å²) in [6, 6.07) is 30.7. The number of fused-ring (bicyclic) bond motifs is 6. The molecule has 8 rings (SSSR count). The maximum absolute atomic E-state index is 5.12. The van der Waals surface area contributed by atoms with Gasteiger partial charge in [0.25, 0.3) is 0 Å². The molecule has 0 saturated carbocycles. The number of para-hydroxylation sites is 2. The molecule has 0 amide bonds. The summed E-state index contributed by atoms with van der Waals surface area (Å²) in [5.74, 6) is 0. The third-order valence-electron chi connectivity index (χ3n) is 7.15. The molecule has 0 aliphatic heterocycles. The molecule has 6 heteroatoms. The van der Waals surface area contributed by atoms with Crippen LogP contribution in [0.15, 0.2) is 122 Å². The molecular weight excluding hydrogens is 480 g/mol. The Labute approximate surface area is 223 Å². The van der Waals surface area contributed by atoms with Crippen molar-refractivity contribution in [1.82, 2.24) is 29.3 Å². The fourth-order valence-electron chi connectivity index (χ4n) is 5.22. The summed E-state index contributed by atoms with van der Waals surface area (Å²) in [6.07, 6.45) is 9.53. The zero-order valence-electron chi connectivity index (χ0n) is 20.7. The van der Waals surface area contributed by atoms with Gasteiger partial charge in [-0.2, -0.15) is 0 Å². The Morgan fingerprint density at radius 3 is 2.31 bits per heavy atom. The number of imidazole rings is 1. The van der Waals surface area contributed by atoms with E-state index in [1.165, 1.54) is 0 Å². The molecule has 6 heterocycles. The van der Waals surface area contributed by atoms with Gasteiger partial charge in [0, 0.05) is 64.0 Å². The molecule has 0 spiro atoms. The van der Waals surface area contributed by atoms with Gasteiger partial charge in [-0.25, -0.2) is 9.97 Å². The summed E-state index contributed by atoms with van der Waals surface area (Å²) in [7, 11) is 0. The first-order valence-electron chi connectivity index (χ1n) is 12.7. The second kappa shape index (κ2) is 8.53. The SMILES string of the molecule is c1cncc(-c2ccc(-c3nc4ccccc4c4nc5ccc(-c6cnc7ccccc7c6)cn5c34)cn2)c1. The van der Waals surface area contributed by atoms with Crippen molar-refractivity contribution in [2.75, 3.05) is 0 Å². The lowest BCUT2D eigenvalue weighted by atomic mass is 10.1. The minimum atomic E-state index is 0.843. The van der Waals surface area contributed by atoms with Crippen LogP contribution in [-0.2, 0) is 0 Å². The van der Waals surface area contributed by atoms with E-state index in [1.54, 1.807) is 6.20 Å². The Bertz CT molecular complexity index is 2170. The zero-order chi connectivity index (χ0) is 25.8. The maximum Gasteiger partial charge on any atom is 0.138 e. The van der Waals surface area contributed by atoms with Gasteiger partial charge < -0.3 is 0 Å². The number of hydrogen-bond donors (Lipinski definition) is 0. The van der Waals surface area contributed by atoms with Gasteiger partial charge in [0.1, 0.15) is 16.7 Å². The molecule has 0 atom stereocenters. The van der Waals surface area contributed by atoms with Gasteiger partial charge in [-0.1, -0.05) is 36.4 Å². The molecule has 2 aromatic carbocycles. The minimum Gasteiger partial charge on any atom is -0.297 e. The molecule has 0 aliphatic carbocycles. The average molecular weight is 501 g/mol. The molecule has 6 aromatic heterocycles. The van der Waals surface area contributed by atoms with Gasteiger partial charge >= 0.3 is 0 Å². The molecule has 0 N–H and O–H groups in total. The maximum atomic E-state index is 5.12. The van der Waals surface area contributed by atoms with E-state index in [0.717, 1.165) is 72.1 Å². The zero-order valence-corrected chi connectivity index (χ0v) is 20.7. The normalized spacial score (nSPS) is 11.6. The highest BCUT2D eigenvalue weighted by molar-refractivity contribution is 6.09. The highest BCUT2D eigenvalue weighted by Crippen LogP contribution is 2.34. The molecule has 0 fully saturated rings. The molecule has 0 aliphatic rings. The number of pyridine rings is 5. The molecular formula is C33H20N6. The summed E-state index contributed by atoms with van der Waals surface area (Å²) in [5.41, 5.74) is 10.3. The predicted octanol–water partition coefficient (Wildman–Crippen LogP) is 7.37. The fourth-order valence-corrected chi connectivity index (χ4v) is 5.22. The molecule has 6 nitrogen and oxygen atoms in total. The van der Waals surface area contributed by atoms with Crippen molar-refractivity contribution in [3.05, 3.63) is 122 Å². The van der Waals surface area contributed by atoms with Crippen LogP contribution in [-0.4, -0.2) is 29.3 Å². The second-order valence-electron chi connectivity index (χ2n) is 9.52. The quantitative estimate of drug-likeness (QED) is 0.253. The third kappa shape index (κ3) is 3.54. The van der Waals surface area contributed by atoms with E-state index in [9.17, 15) is 0 Å². The largest absolute Gasteiger partial charge is 0.297 e. The summed E-state index contributed by atoms with van der Waals surface area (Å²) in [4.78, 5) is 23.8. The van der Waals surface area contributed by atoms with Gasteiger partial charge in [-0.3, -0.25) is 19.4 Å². The number of nitrogens with zero attached hydrogens (tertiary/aromatic N) is 6. The van der Waals surface area contributed by atoms with Gasteiger partial charge in [0.05, 0.1) is 22.4 Å². The van der Waals surface area contributed by atoms with Crippen LogP contribution in [0.4, 0.5) is 0 Å². The Balaban J connectivity index is 1.36. The van der Waals surface area contributed by atoms with Crippen LogP contribution < -0.4 is 0 Å². The molecule has 0 radical (unpaired) electrons. The van der Waals surface area contributed by atoms with Crippen molar-refractivity contribution in [2.45, 2.75) is 0 Å². The molecule has 182 valence electrons. The Kier molecular flexibility index (Phi) is 4.72. The van der Waals surface area contributed by atoms with E-state index in [4.69, 9.17) is 15.0 Å². The Hall–Kier alpha value is -5.49. The van der Waals surface area contributed by atoms with Crippen LogP contribution in [0.5, 0.6) is 0 Å². The summed E-state index contributed by atoms with van der Waals surface area (Å²) < 4.78 is 2.14. The monoisotopic (exact) mass is 500 g/mol. The summed E-state index contributed by atoms with van der Waals surface area (Å²) in [5, 5.41) is 2.13. The van der Waals surface area contributed by atoms with Crippen LogP contribution in [0.25, 0.3) is 72.1 Å². The molecule has 39 heavy (non-hydrogen) atoms. The predicted molar refractivity (Wildman–Crippen MR) is 155 cm³/mol. The first kappa shape index (κ1) is 21.6. The Morgan fingerprint density at radius 2 is 1.44 bits per heavy atom. The number of rotatable bonds is 3. The molecule has 8 aromatic rings. The van der Waals surface area contributed by atoms with Gasteiger partial charge in [-0.05, 0) is 54.6 Å². The third-order valence-corrected chi connectivity index (χ3v) is 7.15. The minimum absolute atomic E-state index is 0.843. The molecule has 0 unspecified atom stereocenters. The highest BCUT2D eigenvalue weighted by atomic mass is 15.0. The number of benzene rings is 2. The van der Waals surface area contributed by atoms with E-state index in [0.29, 0.717) is 0 Å². The van der Waals surface area contributed by atoms with E-state index in [-0.39, 0.29) is 0 Å². The summed E-state index contributed by atoms with van der Waals surface area (Å²) in [6.45, 7) is 0. The fraction of sp³-hybridized carbons (Fsp3) is 0. The lowest BCUT2D eigenvalue weighted by Gasteiger charge is -2.09. The van der Waals surface area contributed by atoms with Crippen molar-refractivity contribution in [3.63, 3.8) is 0 Å². The topological polar surface area (TPSA) is 68.9 Å². The standard InChI is InChI=1S/C33H20N6/c1-3-9-27-21(6-1)16-25(19-36-27)24-12-14-30-38-32-26-8-2-4-10-29(26)37-31(33(32)39(30)20-24)23-11-13-28(35-18-23)22-7-5-15-34-17-22/h1-20H. The van der Waals surface area contributed by atoms with Crippen molar-refractivity contribution in [2.24, 2.45) is 0 Å². The van der Waals surface area contributed by atoms with E-state index in [1.807, 2.05) is 73.2 Å². The smallest absolute Gasteiger partial charge is 0.138 e.